The molecule has 1 aliphatic heterocycles. The molecule has 1 heterocycles. The molecule has 162 valence electrons. The lowest BCUT2D eigenvalue weighted by atomic mass is 9.46. The highest BCUT2D eigenvalue weighted by molar-refractivity contribution is 5.89. The van der Waals surface area contributed by atoms with Gasteiger partial charge in [-0.05, 0) is 91.4 Å². The van der Waals surface area contributed by atoms with Gasteiger partial charge in [0.1, 0.15) is 5.82 Å². The van der Waals surface area contributed by atoms with Crippen molar-refractivity contribution in [3.8, 4) is 0 Å². The van der Waals surface area contributed by atoms with Gasteiger partial charge in [-0.1, -0.05) is 32.1 Å². The number of amides is 1. The van der Waals surface area contributed by atoms with Gasteiger partial charge in [-0.15, -0.1) is 0 Å². The van der Waals surface area contributed by atoms with E-state index in [4.69, 9.17) is 0 Å². The molecule has 3 fully saturated rings. The topological polar surface area (TPSA) is 40.5 Å². The molecule has 0 bridgehead atoms. The van der Waals surface area contributed by atoms with Crippen molar-refractivity contribution < 1.29 is 14.3 Å². The number of benzene rings is 1. The molecule has 0 unspecified atom stereocenters. The quantitative estimate of drug-likeness (QED) is 0.773. The second kappa shape index (κ2) is 6.91. The van der Waals surface area contributed by atoms with E-state index in [0.717, 1.165) is 44.1 Å². The maximum Gasteiger partial charge on any atom is 0.246 e. The van der Waals surface area contributed by atoms with Crippen molar-refractivity contribution in [2.45, 2.75) is 64.5 Å². The normalized spacial score (nSPS) is 45.1. The molecular weight excluding hydrogens is 377 g/mol. The Hall–Kier alpha value is -1.68. The molecule has 0 aromatic heterocycles. The minimum Gasteiger partial charge on any atom is -0.393 e. The maximum atomic E-state index is 13.5. The molecule has 4 heteroatoms. The van der Waals surface area contributed by atoms with Crippen LogP contribution in [0.15, 0.2) is 36.4 Å². The van der Waals surface area contributed by atoms with Crippen LogP contribution in [0.3, 0.4) is 0 Å². The first-order valence-electron chi connectivity index (χ1n) is 11.6. The summed E-state index contributed by atoms with van der Waals surface area (Å²) in [6.07, 6.45) is 9.99. The highest BCUT2D eigenvalue weighted by atomic mass is 19.1. The van der Waals surface area contributed by atoms with E-state index < -0.39 is 0 Å². The van der Waals surface area contributed by atoms with Crippen LogP contribution in [-0.4, -0.2) is 35.1 Å². The number of aliphatic hydroxyl groups excluding tert-OH is 1. The Labute approximate surface area is 179 Å². The number of likely N-dealkylation sites (N-methyl/N-ethyl adjacent to an activating group) is 1. The lowest BCUT2D eigenvalue weighted by Gasteiger charge is -2.62. The molecule has 3 nitrogen and oxygen atoms in total. The third-order valence-corrected chi connectivity index (χ3v) is 9.61. The first-order valence-corrected chi connectivity index (χ1v) is 11.6. The summed E-state index contributed by atoms with van der Waals surface area (Å²) in [5, 5.41) is 10.8. The van der Waals surface area contributed by atoms with Gasteiger partial charge < -0.3 is 10.0 Å². The van der Waals surface area contributed by atoms with Crippen molar-refractivity contribution in [2.24, 2.45) is 34.5 Å². The fourth-order valence-corrected chi connectivity index (χ4v) is 8.15. The van der Waals surface area contributed by atoms with Crippen LogP contribution in [-0.2, 0) is 11.2 Å². The molecule has 30 heavy (non-hydrogen) atoms. The van der Waals surface area contributed by atoms with E-state index >= 15 is 0 Å². The molecule has 1 aromatic rings. The van der Waals surface area contributed by atoms with Gasteiger partial charge in [-0.25, -0.2) is 4.39 Å². The van der Waals surface area contributed by atoms with Gasteiger partial charge in [0.2, 0.25) is 5.91 Å². The molecule has 5 rings (SSSR count). The van der Waals surface area contributed by atoms with E-state index in [9.17, 15) is 14.3 Å². The monoisotopic (exact) mass is 411 g/mol. The van der Waals surface area contributed by atoms with Gasteiger partial charge in [0, 0.05) is 18.5 Å². The number of fused-ring (bicyclic) bond motifs is 5. The third kappa shape index (κ3) is 2.82. The Kier molecular flexibility index (Phi) is 4.66. The minimum atomic E-state index is -0.205. The standard InChI is InChI=1S/C26H34FNO2/c1-25-12-10-21-19(20(25)8-9-22(25)29)15-17(14-16-4-6-18(27)7-5-16)24-26(21,2)13-11-23(30)28(24)3/h4-7,11,13,17,19-22,24,29H,8-10,12,14-15H2,1-3H3/t17-,19-,20-,21-,22-,24+,25-,26+/m0/s1. The Morgan fingerprint density at radius 2 is 1.87 bits per heavy atom. The number of halogens is 1. The zero-order chi connectivity index (χ0) is 21.3. The van der Waals surface area contributed by atoms with Crippen molar-refractivity contribution >= 4 is 5.91 Å². The Morgan fingerprint density at radius 1 is 1.13 bits per heavy atom. The predicted molar refractivity (Wildman–Crippen MR) is 115 cm³/mol. The number of carbonyl (C=O) groups excluding carboxylic acids is 1. The SMILES string of the molecule is CN1C(=O)C=C[C@]2(C)[C@H]3CC[C@]4(C)[C@@H](O)CC[C@H]4[C@@H]3C[C@H](Cc3ccc(F)cc3)[C@@H]12. The molecule has 0 spiro atoms. The molecule has 1 amide bonds. The van der Waals surface area contributed by atoms with Crippen molar-refractivity contribution in [2.75, 3.05) is 7.05 Å². The first kappa shape index (κ1) is 20.2. The number of hydrogen-bond donors (Lipinski definition) is 1. The van der Waals surface area contributed by atoms with Crippen LogP contribution in [0.5, 0.6) is 0 Å². The first-order chi connectivity index (χ1) is 14.2. The van der Waals surface area contributed by atoms with Gasteiger partial charge in [-0.3, -0.25) is 4.79 Å². The van der Waals surface area contributed by atoms with Crippen LogP contribution in [0, 0.1) is 40.3 Å². The summed E-state index contributed by atoms with van der Waals surface area (Å²) >= 11 is 0. The van der Waals surface area contributed by atoms with Crippen LogP contribution >= 0.6 is 0 Å². The summed E-state index contributed by atoms with van der Waals surface area (Å²) in [5.74, 6) is 1.89. The zero-order valence-corrected chi connectivity index (χ0v) is 18.4. The number of carbonyl (C=O) groups is 1. The average Bonchev–Trinajstić information content (AvgIpc) is 3.02. The molecule has 1 aromatic carbocycles. The summed E-state index contributed by atoms with van der Waals surface area (Å²) in [7, 11) is 1.96. The van der Waals surface area contributed by atoms with Crippen molar-refractivity contribution in [3.63, 3.8) is 0 Å². The van der Waals surface area contributed by atoms with Gasteiger partial charge in [0.25, 0.3) is 0 Å². The lowest BCUT2D eigenvalue weighted by molar-refractivity contribution is -0.148. The third-order valence-electron chi connectivity index (χ3n) is 9.61. The number of rotatable bonds is 2. The van der Waals surface area contributed by atoms with E-state index in [1.807, 2.05) is 24.1 Å². The Morgan fingerprint density at radius 3 is 2.60 bits per heavy atom. The highest BCUT2D eigenvalue weighted by Gasteiger charge is 2.62. The summed E-state index contributed by atoms with van der Waals surface area (Å²) in [4.78, 5) is 14.6. The second-order valence-electron chi connectivity index (χ2n) is 10.9. The second-order valence-corrected chi connectivity index (χ2v) is 10.9. The smallest absolute Gasteiger partial charge is 0.246 e. The van der Waals surface area contributed by atoms with E-state index in [0.29, 0.717) is 23.7 Å². The fourth-order valence-electron chi connectivity index (χ4n) is 8.15. The lowest BCUT2D eigenvalue weighted by Crippen LogP contribution is -2.63. The van der Waals surface area contributed by atoms with Gasteiger partial charge >= 0.3 is 0 Å². The molecule has 0 radical (unpaired) electrons. The number of nitrogens with zero attached hydrogens (tertiary/aromatic N) is 1. The maximum absolute atomic E-state index is 13.5. The number of aliphatic hydroxyl groups is 1. The molecule has 3 aliphatic carbocycles. The number of hydrogen-bond acceptors (Lipinski definition) is 2. The van der Waals surface area contributed by atoms with Crippen LogP contribution in [0.4, 0.5) is 4.39 Å². The zero-order valence-electron chi connectivity index (χ0n) is 18.4. The van der Waals surface area contributed by atoms with Crippen LogP contribution in [0.1, 0.15) is 51.5 Å². The van der Waals surface area contributed by atoms with Crippen LogP contribution < -0.4 is 0 Å². The average molecular weight is 412 g/mol. The molecule has 3 saturated carbocycles. The molecule has 8 atom stereocenters. The van der Waals surface area contributed by atoms with Gasteiger partial charge in [0.15, 0.2) is 0 Å². The molecule has 4 aliphatic rings. The minimum absolute atomic E-state index is 0.0326. The van der Waals surface area contributed by atoms with Crippen molar-refractivity contribution in [3.05, 3.63) is 47.8 Å². The van der Waals surface area contributed by atoms with E-state index in [2.05, 4.69) is 19.9 Å². The predicted octanol–water partition coefficient (Wildman–Crippen LogP) is 4.59. The molecular formula is C26H34FNO2. The summed E-state index contributed by atoms with van der Waals surface area (Å²) in [5.41, 5.74) is 1.12. The van der Waals surface area contributed by atoms with Gasteiger partial charge in [0.05, 0.1) is 6.10 Å². The Balaban J connectivity index is 1.54. The van der Waals surface area contributed by atoms with Crippen molar-refractivity contribution in [1.82, 2.24) is 4.90 Å². The summed E-state index contributed by atoms with van der Waals surface area (Å²) in [6, 6.07) is 7.03. The van der Waals surface area contributed by atoms with Crippen LogP contribution in [0.2, 0.25) is 0 Å². The van der Waals surface area contributed by atoms with Gasteiger partial charge in [-0.2, -0.15) is 0 Å². The highest BCUT2D eigenvalue weighted by Crippen LogP contribution is 2.65. The van der Waals surface area contributed by atoms with E-state index in [-0.39, 0.29) is 34.7 Å². The molecule has 1 N–H and O–H groups in total. The fraction of sp³-hybridized carbons (Fsp3) is 0.654. The van der Waals surface area contributed by atoms with Crippen LogP contribution in [0.25, 0.3) is 0 Å². The van der Waals surface area contributed by atoms with Crippen molar-refractivity contribution in [1.29, 1.82) is 0 Å². The van der Waals surface area contributed by atoms with E-state index in [1.54, 1.807) is 18.2 Å². The molecule has 0 saturated heterocycles. The largest absolute Gasteiger partial charge is 0.393 e. The Bertz CT molecular complexity index is 866. The summed E-state index contributed by atoms with van der Waals surface area (Å²) in [6.45, 7) is 4.67. The van der Waals surface area contributed by atoms with E-state index in [1.165, 1.54) is 0 Å². The summed E-state index contributed by atoms with van der Waals surface area (Å²) < 4.78 is 13.5.